The highest BCUT2D eigenvalue weighted by Gasteiger charge is 2.04. The summed E-state index contributed by atoms with van der Waals surface area (Å²) in [4.78, 5) is 34.1. The zero-order valence-corrected chi connectivity index (χ0v) is 12.8. The van der Waals surface area contributed by atoms with Gasteiger partial charge in [0, 0.05) is 36.7 Å². The van der Waals surface area contributed by atoms with Gasteiger partial charge in [0.25, 0.3) is 5.69 Å². The molecular formula is C16H12N6O3. The third-order valence-electron chi connectivity index (χ3n) is 3.20. The van der Waals surface area contributed by atoms with Gasteiger partial charge < -0.3 is 5.32 Å². The van der Waals surface area contributed by atoms with Crippen LogP contribution in [0, 0.1) is 10.1 Å². The Kier molecular flexibility index (Phi) is 4.56. The van der Waals surface area contributed by atoms with E-state index in [1.165, 1.54) is 24.5 Å². The summed E-state index contributed by atoms with van der Waals surface area (Å²) < 4.78 is 1.68. The van der Waals surface area contributed by atoms with Crippen LogP contribution in [0.2, 0.25) is 0 Å². The van der Waals surface area contributed by atoms with Gasteiger partial charge in [-0.3, -0.25) is 19.5 Å². The number of carbonyl (C=O) groups is 1. The minimum Gasteiger partial charge on any atom is -0.307 e. The maximum atomic E-state index is 12.0. The third kappa shape index (κ3) is 4.10. The summed E-state index contributed by atoms with van der Waals surface area (Å²) in [5, 5.41) is 13.2. The number of nitrogens with zero attached hydrogens (tertiary/aromatic N) is 5. The van der Waals surface area contributed by atoms with Gasteiger partial charge >= 0.3 is 0 Å². The minimum absolute atomic E-state index is 0.00498. The average Bonchev–Trinajstić information content (AvgIpc) is 3.15. The Morgan fingerprint density at radius 1 is 1.24 bits per heavy atom. The maximum absolute atomic E-state index is 12.0. The highest BCUT2D eigenvalue weighted by atomic mass is 16.6. The van der Waals surface area contributed by atoms with Crippen LogP contribution in [-0.4, -0.2) is 30.3 Å². The first-order valence-electron chi connectivity index (χ1n) is 7.16. The zero-order chi connectivity index (χ0) is 17.6. The summed E-state index contributed by atoms with van der Waals surface area (Å²) >= 11 is 0. The Morgan fingerprint density at radius 3 is 2.72 bits per heavy atom. The molecule has 0 fully saturated rings. The number of carbonyl (C=O) groups excluding carboxylic acids is 1. The predicted octanol–water partition coefficient (Wildman–Crippen LogP) is 2.22. The van der Waals surface area contributed by atoms with Gasteiger partial charge in [-0.2, -0.15) is 0 Å². The minimum atomic E-state index is -0.479. The van der Waals surface area contributed by atoms with Crippen molar-refractivity contribution < 1.29 is 9.72 Å². The fourth-order valence-corrected chi connectivity index (χ4v) is 2.00. The van der Waals surface area contributed by atoms with Crippen LogP contribution in [0.15, 0.2) is 61.5 Å². The average molecular weight is 336 g/mol. The number of nitro groups is 1. The summed E-state index contributed by atoms with van der Waals surface area (Å²) in [5.41, 5.74) is 0.664. The van der Waals surface area contributed by atoms with Crippen molar-refractivity contribution in [3.63, 3.8) is 0 Å². The van der Waals surface area contributed by atoms with E-state index >= 15 is 0 Å². The molecule has 0 unspecified atom stereocenters. The first-order valence-corrected chi connectivity index (χ1v) is 7.16. The molecule has 2 heterocycles. The van der Waals surface area contributed by atoms with E-state index in [1.807, 2.05) is 0 Å². The molecule has 0 bridgehead atoms. The van der Waals surface area contributed by atoms with E-state index in [4.69, 9.17) is 0 Å². The van der Waals surface area contributed by atoms with Crippen LogP contribution in [0.3, 0.4) is 0 Å². The van der Waals surface area contributed by atoms with Crippen molar-refractivity contribution in [3.05, 3.63) is 77.1 Å². The Hall–Kier alpha value is -3.88. The van der Waals surface area contributed by atoms with Gasteiger partial charge in [-0.25, -0.2) is 15.0 Å². The number of aromatic nitrogens is 4. The van der Waals surface area contributed by atoms with Crippen LogP contribution < -0.4 is 5.32 Å². The van der Waals surface area contributed by atoms with Crippen LogP contribution in [0.25, 0.3) is 11.9 Å². The second-order valence-electron chi connectivity index (χ2n) is 4.90. The van der Waals surface area contributed by atoms with E-state index in [1.54, 1.807) is 47.6 Å². The first-order chi connectivity index (χ1) is 12.1. The summed E-state index contributed by atoms with van der Waals surface area (Å²) in [6.07, 6.45) is 9.14. The molecule has 0 spiro atoms. The lowest BCUT2D eigenvalue weighted by Crippen LogP contribution is -2.10. The van der Waals surface area contributed by atoms with Crippen molar-refractivity contribution in [2.75, 3.05) is 5.32 Å². The number of hydrogen-bond acceptors (Lipinski definition) is 6. The molecule has 0 aliphatic carbocycles. The smallest absolute Gasteiger partial charge is 0.269 e. The highest BCUT2D eigenvalue weighted by Crippen LogP contribution is 2.13. The lowest BCUT2D eigenvalue weighted by atomic mass is 10.2. The van der Waals surface area contributed by atoms with Crippen molar-refractivity contribution in [1.82, 2.24) is 19.5 Å². The van der Waals surface area contributed by atoms with E-state index < -0.39 is 4.92 Å². The lowest BCUT2D eigenvalue weighted by Gasteiger charge is -2.04. The number of nitro benzene ring substituents is 1. The lowest BCUT2D eigenvalue weighted by molar-refractivity contribution is -0.384. The van der Waals surface area contributed by atoms with E-state index in [9.17, 15) is 14.9 Å². The number of nitrogens with one attached hydrogen (secondary N) is 1. The molecule has 3 rings (SSSR count). The van der Waals surface area contributed by atoms with E-state index in [0.29, 0.717) is 17.2 Å². The van der Waals surface area contributed by atoms with Gasteiger partial charge in [0.1, 0.15) is 24.3 Å². The molecule has 0 aliphatic heterocycles. The topological polar surface area (TPSA) is 116 Å². The van der Waals surface area contributed by atoms with Gasteiger partial charge in [0.05, 0.1) is 4.92 Å². The number of benzene rings is 1. The van der Waals surface area contributed by atoms with Gasteiger partial charge in [-0.1, -0.05) is 0 Å². The van der Waals surface area contributed by atoms with Crippen LogP contribution in [-0.2, 0) is 4.79 Å². The molecule has 25 heavy (non-hydrogen) atoms. The summed E-state index contributed by atoms with van der Waals surface area (Å²) in [5.74, 6) is 0.535. The number of imidazole rings is 1. The molecule has 0 saturated heterocycles. The van der Waals surface area contributed by atoms with E-state index in [-0.39, 0.29) is 11.6 Å². The van der Waals surface area contributed by atoms with Crippen LogP contribution in [0.4, 0.5) is 11.5 Å². The standard InChI is InChI=1S/C16H12N6O3/c23-16(6-3-12-1-4-13(5-2-12)22(24)25)20-14-9-15(19-10-18-14)21-8-7-17-11-21/h1-11H,(H,18,19,20,23)/b6-3+. The van der Waals surface area contributed by atoms with Gasteiger partial charge in [-0.15, -0.1) is 0 Å². The molecule has 0 aliphatic rings. The van der Waals surface area contributed by atoms with Crippen LogP contribution in [0.1, 0.15) is 5.56 Å². The second-order valence-corrected chi connectivity index (χ2v) is 4.90. The molecule has 1 N–H and O–H groups in total. The molecule has 9 heteroatoms. The molecule has 0 saturated carbocycles. The Morgan fingerprint density at radius 2 is 2.04 bits per heavy atom. The molecule has 124 valence electrons. The molecule has 1 amide bonds. The van der Waals surface area contributed by atoms with Gasteiger partial charge in [-0.05, 0) is 23.8 Å². The SMILES string of the molecule is O=C(/C=C/c1ccc([N+](=O)[O-])cc1)Nc1cc(-n2ccnc2)ncn1. The molecule has 0 atom stereocenters. The summed E-state index contributed by atoms with van der Waals surface area (Å²) in [6, 6.07) is 7.48. The molecule has 1 aromatic carbocycles. The zero-order valence-electron chi connectivity index (χ0n) is 12.8. The molecular weight excluding hydrogens is 324 g/mol. The quantitative estimate of drug-likeness (QED) is 0.434. The monoisotopic (exact) mass is 336 g/mol. The Bertz CT molecular complexity index is 919. The predicted molar refractivity (Wildman–Crippen MR) is 89.9 cm³/mol. The molecule has 2 aromatic heterocycles. The van der Waals surface area contributed by atoms with Crippen molar-refractivity contribution >= 4 is 23.5 Å². The normalized spacial score (nSPS) is 10.7. The Balaban J connectivity index is 1.66. The highest BCUT2D eigenvalue weighted by molar-refractivity contribution is 6.01. The van der Waals surface area contributed by atoms with Crippen molar-refractivity contribution in [2.45, 2.75) is 0 Å². The fourth-order valence-electron chi connectivity index (χ4n) is 2.00. The second kappa shape index (κ2) is 7.13. The Labute approximate surface area is 141 Å². The van der Waals surface area contributed by atoms with Crippen LogP contribution >= 0.6 is 0 Å². The maximum Gasteiger partial charge on any atom is 0.269 e. The number of hydrogen-bond donors (Lipinski definition) is 1. The first kappa shape index (κ1) is 16.0. The molecule has 9 nitrogen and oxygen atoms in total. The van der Waals surface area contributed by atoms with Gasteiger partial charge in [0.2, 0.25) is 5.91 Å². The van der Waals surface area contributed by atoms with Crippen molar-refractivity contribution in [1.29, 1.82) is 0 Å². The van der Waals surface area contributed by atoms with Crippen molar-refractivity contribution in [2.24, 2.45) is 0 Å². The third-order valence-corrected chi connectivity index (χ3v) is 3.20. The number of anilines is 1. The van der Waals surface area contributed by atoms with E-state index in [2.05, 4.69) is 20.3 Å². The molecule has 0 radical (unpaired) electrons. The number of amides is 1. The van der Waals surface area contributed by atoms with Crippen LogP contribution in [0.5, 0.6) is 0 Å². The summed E-state index contributed by atoms with van der Waals surface area (Å²) in [7, 11) is 0. The van der Waals surface area contributed by atoms with Gasteiger partial charge in [0.15, 0.2) is 0 Å². The van der Waals surface area contributed by atoms with E-state index in [0.717, 1.165) is 0 Å². The number of non-ortho nitro benzene ring substituents is 1. The molecule has 3 aromatic rings. The van der Waals surface area contributed by atoms with Crippen molar-refractivity contribution in [3.8, 4) is 5.82 Å². The summed E-state index contributed by atoms with van der Waals surface area (Å²) in [6.45, 7) is 0. The number of rotatable bonds is 5. The fraction of sp³-hybridized carbons (Fsp3) is 0. The largest absolute Gasteiger partial charge is 0.307 e.